The Bertz CT molecular complexity index is 774. The van der Waals surface area contributed by atoms with Crippen LogP contribution in [0.4, 0.5) is 5.82 Å². The summed E-state index contributed by atoms with van der Waals surface area (Å²) in [6, 6.07) is 12.8. The predicted molar refractivity (Wildman–Crippen MR) is 80.2 cm³/mol. The molecule has 5 heteroatoms. The molecule has 3 rings (SSSR count). The summed E-state index contributed by atoms with van der Waals surface area (Å²) in [7, 11) is 0. The highest BCUT2D eigenvalue weighted by Crippen LogP contribution is 2.21. The molecule has 2 aromatic carbocycles. The molecule has 4 nitrogen and oxygen atoms in total. The number of hydrogen-bond acceptors (Lipinski definition) is 2. The van der Waals surface area contributed by atoms with Crippen LogP contribution in [0.1, 0.15) is 15.9 Å². The van der Waals surface area contributed by atoms with Gasteiger partial charge in [-0.2, -0.15) is 5.10 Å². The van der Waals surface area contributed by atoms with Gasteiger partial charge in [-0.3, -0.25) is 9.89 Å². The molecule has 1 heterocycles. The fraction of sp³-hybridized carbons (Fsp3) is 0.0667. The Morgan fingerprint density at radius 3 is 2.85 bits per heavy atom. The van der Waals surface area contributed by atoms with Crippen molar-refractivity contribution in [1.82, 2.24) is 10.2 Å². The van der Waals surface area contributed by atoms with E-state index in [1.807, 2.05) is 37.3 Å². The van der Waals surface area contributed by atoms with Crippen LogP contribution in [0.3, 0.4) is 0 Å². The lowest BCUT2D eigenvalue weighted by Gasteiger charge is -2.04. The number of nitrogens with one attached hydrogen (secondary N) is 2. The van der Waals surface area contributed by atoms with Gasteiger partial charge in [0.15, 0.2) is 5.82 Å². The molecule has 0 radical (unpaired) electrons. The van der Waals surface area contributed by atoms with Gasteiger partial charge >= 0.3 is 0 Å². The Morgan fingerprint density at radius 1 is 1.25 bits per heavy atom. The Kier molecular flexibility index (Phi) is 3.16. The number of anilines is 1. The van der Waals surface area contributed by atoms with Crippen molar-refractivity contribution in [1.29, 1.82) is 0 Å². The van der Waals surface area contributed by atoms with Crippen molar-refractivity contribution >= 4 is 34.2 Å². The molecule has 20 heavy (non-hydrogen) atoms. The second-order valence-electron chi connectivity index (χ2n) is 4.59. The van der Waals surface area contributed by atoms with Crippen LogP contribution >= 0.6 is 11.6 Å². The number of benzene rings is 2. The first-order valence-electron chi connectivity index (χ1n) is 6.15. The molecule has 0 saturated heterocycles. The van der Waals surface area contributed by atoms with Crippen LogP contribution in [0, 0.1) is 6.92 Å². The van der Waals surface area contributed by atoms with Gasteiger partial charge in [-0.1, -0.05) is 23.7 Å². The third-order valence-electron chi connectivity index (χ3n) is 3.01. The first-order valence-corrected chi connectivity index (χ1v) is 6.53. The summed E-state index contributed by atoms with van der Waals surface area (Å²) in [6.45, 7) is 1.90. The average Bonchev–Trinajstić information content (AvgIpc) is 2.81. The van der Waals surface area contributed by atoms with Crippen molar-refractivity contribution in [3.63, 3.8) is 0 Å². The Hall–Kier alpha value is -2.33. The fourth-order valence-electron chi connectivity index (χ4n) is 2.11. The fourth-order valence-corrected chi connectivity index (χ4v) is 2.40. The van der Waals surface area contributed by atoms with Gasteiger partial charge in [0, 0.05) is 16.0 Å². The maximum atomic E-state index is 12.2. The molecule has 0 unspecified atom stereocenters. The van der Waals surface area contributed by atoms with Gasteiger partial charge in [0.1, 0.15) is 0 Å². The van der Waals surface area contributed by atoms with Crippen molar-refractivity contribution < 1.29 is 4.79 Å². The summed E-state index contributed by atoms with van der Waals surface area (Å²) >= 11 is 5.97. The van der Waals surface area contributed by atoms with Gasteiger partial charge < -0.3 is 5.32 Å². The first kappa shape index (κ1) is 12.7. The number of fused-ring (bicyclic) bond motifs is 1. The minimum Gasteiger partial charge on any atom is -0.305 e. The summed E-state index contributed by atoms with van der Waals surface area (Å²) in [4.78, 5) is 12.2. The molecule has 0 aliphatic heterocycles. The number of rotatable bonds is 2. The van der Waals surface area contributed by atoms with Crippen LogP contribution in [0.25, 0.3) is 10.9 Å². The van der Waals surface area contributed by atoms with Crippen LogP contribution in [0.15, 0.2) is 42.5 Å². The van der Waals surface area contributed by atoms with Gasteiger partial charge in [-0.05, 0) is 42.8 Å². The van der Waals surface area contributed by atoms with Gasteiger partial charge in [0.05, 0.1) is 5.52 Å². The van der Waals surface area contributed by atoms with E-state index in [-0.39, 0.29) is 5.91 Å². The largest absolute Gasteiger partial charge is 0.305 e. The van der Waals surface area contributed by atoms with Crippen molar-refractivity contribution in [2.75, 3.05) is 5.32 Å². The number of carbonyl (C=O) groups excluding carboxylic acids is 1. The lowest BCUT2D eigenvalue weighted by Crippen LogP contribution is -2.12. The molecule has 0 bridgehead atoms. The zero-order valence-electron chi connectivity index (χ0n) is 10.8. The number of aryl methyl sites for hydroxylation is 1. The van der Waals surface area contributed by atoms with Crippen LogP contribution in [0.5, 0.6) is 0 Å². The van der Waals surface area contributed by atoms with E-state index in [9.17, 15) is 4.79 Å². The van der Waals surface area contributed by atoms with Gasteiger partial charge in [-0.25, -0.2) is 0 Å². The molecule has 0 atom stereocenters. The second-order valence-corrected chi connectivity index (χ2v) is 5.03. The van der Waals surface area contributed by atoms with Crippen LogP contribution in [-0.2, 0) is 0 Å². The van der Waals surface area contributed by atoms with Crippen molar-refractivity contribution in [2.45, 2.75) is 6.92 Å². The van der Waals surface area contributed by atoms with Gasteiger partial charge in [-0.15, -0.1) is 0 Å². The van der Waals surface area contributed by atoms with E-state index in [1.165, 1.54) is 0 Å². The predicted octanol–water partition coefficient (Wildman–Crippen LogP) is 3.78. The smallest absolute Gasteiger partial charge is 0.256 e. The number of para-hydroxylation sites is 1. The number of aromatic nitrogens is 2. The van der Waals surface area contributed by atoms with E-state index < -0.39 is 0 Å². The Labute approximate surface area is 120 Å². The number of aromatic amines is 1. The minimum atomic E-state index is -0.229. The van der Waals surface area contributed by atoms with Crippen molar-refractivity contribution in [2.24, 2.45) is 0 Å². The molecule has 3 aromatic rings. The van der Waals surface area contributed by atoms with E-state index in [1.54, 1.807) is 12.1 Å². The summed E-state index contributed by atoms with van der Waals surface area (Å²) in [5.41, 5.74) is 2.33. The lowest BCUT2D eigenvalue weighted by molar-refractivity contribution is 0.102. The maximum Gasteiger partial charge on any atom is 0.256 e. The van der Waals surface area contributed by atoms with Crippen LogP contribution < -0.4 is 5.32 Å². The molecular formula is C15H12ClN3O. The van der Waals surface area contributed by atoms with Gasteiger partial charge in [0.2, 0.25) is 0 Å². The molecule has 0 saturated carbocycles. The zero-order chi connectivity index (χ0) is 14.1. The molecule has 2 N–H and O–H groups in total. The first-order chi connectivity index (χ1) is 9.63. The summed E-state index contributed by atoms with van der Waals surface area (Å²) < 4.78 is 0. The molecule has 1 amide bonds. The molecule has 0 spiro atoms. The highest BCUT2D eigenvalue weighted by Gasteiger charge is 2.11. The highest BCUT2D eigenvalue weighted by atomic mass is 35.5. The normalized spacial score (nSPS) is 10.7. The maximum absolute atomic E-state index is 12.2. The molecule has 0 fully saturated rings. The van der Waals surface area contributed by atoms with Crippen LogP contribution in [-0.4, -0.2) is 16.1 Å². The van der Waals surface area contributed by atoms with Gasteiger partial charge in [0.25, 0.3) is 5.91 Å². The van der Waals surface area contributed by atoms with Crippen molar-refractivity contribution in [3.05, 3.63) is 58.6 Å². The standard InChI is InChI=1S/C15H12ClN3O/c1-9-6-10(8-11(16)7-9)15(20)17-14-12-4-2-3-5-13(12)18-19-14/h2-8H,1H3,(H2,17,18,19,20). The number of nitrogens with zero attached hydrogens (tertiary/aromatic N) is 1. The van der Waals surface area contributed by atoms with Crippen LogP contribution in [0.2, 0.25) is 5.02 Å². The summed E-state index contributed by atoms with van der Waals surface area (Å²) in [5.74, 6) is 0.288. The van der Waals surface area contributed by atoms with E-state index >= 15 is 0 Å². The molecule has 0 aliphatic carbocycles. The zero-order valence-corrected chi connectivity index (χ0v) is 11.5. The van der Waals surface area contributed by atoms with E-state index in [2.05, 4.69) is 15.5 Å². The molecular weight excluding hydrogens is 274 g/mol. The van der Waals surface area contributed by atoms with E-state index in [4.69, 9.17) is 11.6 Å². The molecule has 0 aliphatic rings. The third kappa shape index (κ3) is 2.38. The number of halogens is 1. The Morgan fingerprint density at radius 2 is 2.05 bits per heavy atom. The van der Waals surface area contributed by atoms with Crippen molar-refractivity contribution in [3.8, 4) is 0 Å². The average molecular weight is 286 g/mol. The number of hydrogen-bond donors (Lipinski definition) is 2. The number of amides is 1. The number of carbonyl (C=O) groups is 1. The quantitative estimate of drug-likeness (QED) is 0.753. The third-order valence-corrected chi connectivity index (χ3v) is 3.22. The summed E-state index contributed by atoms with van der Waals surface area (Å²) in [5, 5.41) is 11.2. The highest BCUT2D eigenvalue weighted by molar-refractivity contribution is 6.31. The SMILES string of the molecule is Cc1cc(Cl)cc(C(=O)Nc2n[nH]c3ccccc23)c1. The Balaban J connectivity index is 1.92. The monoisotopic (exact) mass is 285 g/mol. The van der Waals surface area contributed by atoms with E-state index in [0.717, 1.165) is 16.5 Å². The summed E-state index contributed by atoms with van der Waals surface area (Å²) in [6.07, 6.45) is 0. The minimum absolute atomic E-state index is 0.229. The topological polar surface area (TPSA) is 57.8 Å². The van der Waals surface area contributed by atoms with E-state index in [0.29, 0.717) is 16.4 Å². The lowest BCUT2D eigenvalue weighted by atomic mass is 10.1. The molecule has 100 valence electrons. The second kappa shape index (κ2) is 4.98. The molecule has 1 aromatic heterocycles. The number of H-pyrrole nitrogens is 1.